The van der Waals surface area contributed by atoms with E-state index >= 15 is 0 Å². The second kappa shape index (κ2) is 4.51. The summed E-state index contributed by atoms with van der Waals surface area (Å²) in [6, 6.07) is 10.1. The van der Waals surface area contributed by atoms with Crippen LogP contribution < -0.4 is 5.73 Å². The molecule has 4 nitrogen and oxygen atoms in total. The van der Waals surface area contributed by atoms with Crippen molar-refractivity contribution in [2.24, 2.45) is 5.73 Å². The third kappa shape index (κ3) is 1.91. The fourth-order valence-electron chi connectivity index (χ4n) is 1.75. The molecule has 0 saturated carbocycles. The van der Waals surface area contributed by atoms with E-state index in [9.17, 15) is 0 Å². The van der Waals surface area contributed by atoms with Crippen molar-refractivity contribution in [3.05, 3.63) is 36.2 Å². The number of hydrogen-bond acceptors (Lipinski definition) is 5. The van der Waals surface area contributed by atoms with Crippen LogP contribution in [0.2, 0.25) is 0 Å². The van der Waals surface area contributed by atoms with Crippen molar-refractivity contribution in [1.29, 1.82) is 0 Å². The van der Waals surface area contributed by atoms with Gasteiger partial charge in [-0.25, -0.2) is 0 Å². The van der Waals surface area contributed by atoms with Crippen LogP contribution >= 0.6 is 11.3 Å². The first-order valence-electron chi connectivity index (χ1n) is 5.86. The van der Waals surface area contributed by atoms with Gasteiger partial charge in [0, 0.05) is 4.70 Å². The molecule has 92 valence electrons. The van der Waals surface area contributed by atoms with E-state index in [0.717, 1.165) is 11.3 Å². The van der Waals surface area contributed by atoms with Crippen LogP contribution in [-0.2, 0) is 0 Å². The van der Waals surface area contributed by atoms with Crippen LogP contribution in [0.4, 0.5) is 0 Å². The average Bonchev–Trinajstić information content (AvgIpc) is 3.03. The lowest BCUT2D eigenvalue weighted by atomic mass is 10.2. The Balaban J connectivity index is 2.01. The molecule has 18 heavy (non-hydrogen) atoms. The molecule has 2 aromatic heterocycles. The fraction of sp³-hybridized carbons (Fsp3) is 0.231. The standard InChI is InChI=1S/C13H13N3OS/c1-2-9(14)12-15-16-13(17-12)11-7-8-5-3-4-6-10(8)18-11/h3-7,9H,2,14H2,1H3. The molecule has 5 heteroatoms. The van der Waals surface area contributed by atoms with Crippen LogP contribution in [0.1, 0.15) is 25.3 Å². The molecule has 0 aliphatic heterocycles. The van der Waals surface area contributed by atoms with E-state index in [1.165, 1.54) is 10.1 Å². The van der Waals surface area contributed by atoms with Gasteiger partial charge in [0.1, 0.15) is 0 Å². The van der Waals surface area contributed by atoms with E-state index in [0.29, 0.717) is 11.8 Å². The molecule has 0 amide bonds. The molecule has 2 N–H and O–H groups in total. The Hall–Kier alpha value is -1.72. The summed E-state index contributed by atoms with van der Waals surface area (Å²) in [4.78, 5) is 0.984. The summed E-state index contributed by atoms with van der Waals surface area (Å²) in [5.41, 5.74) is 5.87. The Labute approximate surface area is 108 Å². The summed E-state index contributed by atoms with van der Waals surface area (Å²) >= 11 is 1.65. The van der Waals surface area contributed by atoms with Crippen molar-refractivity contribution < 1.29 is 4.42 Å². The zero-order valence-electron chi connectivity index (χ0n) is 9.96. The number of nitrogens with two attached hydrogens (primary N) is 1. The maximum Gasteiger partial charge on any atom is 0.257 e. The number of benzene rings is 1. The van der Waals surface area contributed by atoms with E-state index in [4.69, 9.17) is 10.2 Å². The molecule has 1 atom stereocenters. The Morgan fingerprint density at radius 3 is 2.94 bits per heavy atom. The maximum atomic E-state index is 5.87. The van der Waals surface area contributed by atoms with E-state index < -0.39 is 0 Å². The van der Waals surface area contributed by atoms with Crippen LogP contribution in [0.3, 0.4) is 0 Å². The Morgan fingerprint density at radius 1 is 1.33 bits per heavy atom. The molecule has 0 saturated heterocycles. The molecule has 0 aliphatic rings. The Kier molecular flexibility index (Phi) is 2.85. The van der Waals surface area contributed by atoms with Gasteiger partial charge in [0.05, 0.1) is 10.9 Å². The van der Waals surface area contributed by atoms with Crippen molar-refractivity contribution in [2.45, 2.75) is 19.4 Å². The summed E-state index contributed by atoms with van der Waals surface area (Å²) in [5.74, 6) is 1.06. The first kappa shape index (κ1) is 11.4. The Morgan fingerprint density at radius 2 is 2.17 bits per heavy atom. The molecule has 3 aromatic rings. The van der Waals surface area contributed by atoms with Crippen LogP contribution in [-0.4, -0.2) is 10.2 Å². The highest BCUT2D eigenvalue weighted by Gasteiger charge is 2.15. The minimum Gasteiger partial charge on any atom is -0.418 e. The summed E-state index contributed by atoms with van der Waals surface area (Å²) in [7, 11) is 0. The van der Waals surface area contributed by atoms with Crippen molar-refractivity contribution in [1.82, 2.24) is 10.2 Å². The van der Waals surface area contributed by atoms with Gasteiger partial charge in [-0.2, -0.15) is 0 Å². The first-order chi connectivity index (χ1) is 8.78. The highest BCUT2D eigenvalue weighted by atomic mass is 32.1. The van der Waals surface area contributed by atoms with Crippen molar-refractivity contribution >= 4 is 21.4 Å². The van der Waals surface area contributed by atoms with Gasteiger partial charge in [-0.15, -0.1) is 21.5 Å². The number of fused-ring (bicyclic) bond motifs is 1. The van der Waals surface area contributed by atoms with Gasteiger partial charge >= 0.3 is 0 Å². The lowest BCUT2D eigenvalue weighted by Gasteiger charge is -1.99. The van der Waals surface area contributed by atoms with Crippen LogP contribution in [0, 0.1) is 0 Å². The van der Waals surface area contributed by atoms with Crippen molar-refractivity contribution in [3.63, 3.8) is 0 Å². The van der Waals surface area contributed by atoms with Gasteiger partial charge in [-0.05, 0) is 23.9 Å². The zero-order chi connectivity index (χ0) is 12.5. The number of thiophene rings is 1. The van der Waals surface area contributed by atoms with Crippen LogP contribution in [0.15, 0.2) is 34.7 Å². The average molecular weight is 259 g/mol. The maximum absolute atomic E-state index is 5.87. The van der Waals surface area contributed by atoms with E-state index in [1.807, 2.05) is 19.1 Å². The smallest absolute Gasteiger partial charge is 0.257 e. The lowest BCUT2D eigenvalue weighted by Crippen LogP contribution is -2.08. The summed E-state index contributed by atoms with van der Waals surface area (Å²) < 4.78 is 6.83. The van der Waals surface area contributed by atoms with E-state index in [2.05, 4.69) is 28.4 Å². The predicted octanol–water partition coefficient (Wildman–Crippen LogP) is 3.36. The van der Waals surface area contributed by atoms with Gasteiger partial charge in [-0.3, -0.25) is 0 Å². The minimum atomic E-state index is -0.180. The summed E-state index contributed by atoms with van der Waals surface area (Å²) in [6.07, 6.45) is 0.786. The highest BCUT2D eigenvalue weighted by molar-refractivity contribution is 7.22. The monoisotopic (exact) mass is 259 g/mol. The predicted molar refractivity (Wildman–Crippen MR) is 72.3 cm³/mol. The molecule has 0 aliphatic carbocycles. The molecule has 2 heterocycles. The van der Waals surface area contributed by atoms with Gasteiger partial charge < -0.3 is 10.2 Å². The lowest BCUT2D eigenvalue weighted by molar-refractivity contribution is 0.453. The number of rotatable bonds is 3. The normalized spacial score (nSPS) is 13.0. The van der Waals surface area contributed by atoms with Gasteiger partial charge in [0.25, 0.3) is 5.89 Å². The van der Waals surface area contributed by atoms with Crippen molar-refractivity contribution in [3.8, 4) is 10.8 Å². The molecule has 0 spiro atoms. The third-order valence-electron chi connectivity index (χ3n) is 2.83. The second-order valence-corrected chi connectivity index (χ2v) is 5.19. The number of nitrogens with zero attached hydrogens (tertiary/aromatic N) is 2. The highest BCUT2D eigenvalue weighted by Crippen LogP contribution is 2.33. The van der Waals surface area contributed by atoms with Crippen LogP contribution in [0.25, 0.3) is 20.9 Å². The largest absolute Gasteiger partial charge is 0.418 e. The van der Waals surface area contributed by atoms with E-state index in [-0.39, 0.29) is 6.04 Å². The van der Waals surface area contributed by atoms with Gasteiger partial charge in [0.15, 0.2) is 0 Å². The van der Waals surface area contributed by atoms with Crippen molar-refractivity contribution in [2.75, 3.05) is 0 Å². The SMILES string of the molecule is CCC(N)c1nnc(-c2cc3ccccc3s2)o1. The third-order valence-corrected chi connectivity index (χ3v) is 3.94. The topological polar surface area (TPSA) is 64.9 Å². The molecule has 0 fully saturated rings. The Bertz CT molecular complexity index is 640. The molecule has 1 aromatic carbocycles. The van der Waals surface area contributed by atoms with Gasteiger partial charge in [-0.1, -0.05) is 25.1 Å². The van der Waals surface area contributed by atoms with E-state index in [1.54, 1.807) is 11.3 Å². The molecule has 0 radical (unpaired) electrons. The minimum absolute atomic E-state index is 0.180. The molecular formula is C13H13N3OS. The first-order valence-corrected chi connectivity index (χ1v) is 6.67. The summed E-state index contributed by atoms with van der Waals surface area (Å²) in [5, 5.41) is 9.25. The second-order valence-electron chi connectivity index (χ2n) is 4.11. The molecular weight excluding hydrogens is 246 g/mol. The summed E-state index contributed by atoms with van der Waals surface area (Å²) in [6.45, 7) is 1.99. The quantitative estimate of drug-likeness (QED) is 0.783. The number of hydrogen-bond donors (Lipinski definition) is 1. The fourth-order valence-corrected chi connectivity index (χ4v) is 2.73. The molecule has 1 unspecified atom stereocenters. The number of aromatic nitrogens is 2. The molecule has 0 bridgehead atoms. The zero-order valence-corrected chi connectivity index (χ0v) is 10.8. The van der Waals surface area contributed by atoms with Crippen LogP contribution in [0.5, 0.6) is 0 Å². The van der Waals surface area contributed by atoms with Gasteiger partial charge in [0.2, 0.25) is 5.89 Å². The molecule has 3 rings (SSSR count).